The van der Waals surface area contributed by atoms with Crippen molar-refractivity contribution in [1.29, 1.82) is 0 Å². The number of Topliss-reactive ketones (excluding diaryl/α,β-unsaturated/α-hetero) is 2. The summed E-state index contributed by atoms with van der Waals surface area (Å²) >= 11 is 0. The molecule has 2 rings (SSSR count). The van der Waals surface area contributed by atoms with Crippen molar-refractivity contribution in [3.63, 3.8) is 0 Å². The normalized spacial score (nSPS) is 15.1. The van der Waals surface area contributed by atoms with Crippen LogP contribution in [0.1, 0.15) is 54.4 Å². The number of ketones is 2. The Bertz CT molecular complexity index is 654. The number of carbonyl (C=O) groups excluding carboxylic acids is 4. The van der Waals surface area contributed by atoms with E-state index in [1.165, 1.54) is 13.8 Å². The Balaban J connectivity index is 0.00000242. The van der Waals surface area contributed by atoms with Crippen LogP contribution in [0.5, 0.6) is 0 Å². The second-order valence-corrected chi connectivity index (χ2v) is 5.34. The maximum atomic E-state index is 12.5. The maximum absolute atomic E-state index is 12.5. The van der Waals surface area contributed by atoms with Gasteiger partial charge in [-0.25, -0.2) is 0 Å². The van der Waals surface area contributed by atoms with Gasteiger partial charge in [-0.2, -0.15) is 0 Å². The van der Waals surface area contributed by atoms with Gasteiger partial charge in [-0.05, 0) is 38.8 Å². The van der Waals surface area contributed by atoms with Crippen LogP contribution in [0.25, 0.3) is 0 Å². The van der Waals surface area contributed by atoms with Gasteiger partial charge in [-0.1, -0.05) is 12.1 Å². The highest BCUT2D eigenvalue weighted by molar-refractivity contribution is 6.23. The second kappa shape index (κ2) is 5.60. The van der Waals surface area contributed by atoms with Gasteiger partial charge in [0, 0.05) is 7.85 Å². The number of fused-ring (bicyclic) bond motifs is 1. The van der Waals surface area contributed by atoms with E-state index in [9.17, 15) is 19.2 Å². The van der Waals surface area contributed by atoms with Crippen molar-refractivity contribution in [2.24, 2.45) is 0 Å². The van der Waals surface area contributed by atoms with Crippen LogP contribution in [0.2, 0.25) is 0 Å². The summed E-state index contributed by atoms with van der Waals surface area (Å²) in [7, 11) is 0. The molecular formula is C16H19NO4. The predicted octanol–water partition coefficient (Wildman–Crippen LogP) is 2.16. The van der Waals surface area contributed by atoms with Crippen LogP contribution in [0, 0.1) is 6.92 Å². The van der Waals surface area contributed by atoms with Crippen LogP contribution in [-0.2, 0) is 9.59 Å². The Hall–Kier alpha value is -2.30. The fourth-order valence-corrected chi connectivity index (χ4v) is 2.61. The van der Waals surface area contributed by atoms with E-state index in [1.807, 2.05) is 0 Å². The topological polar surface area (TPSA) is 71.5 Å². The van der Waals surface area contributed by atoms with Gasteiger partial charge in [0.15, 0.2) is 5.78 Å². The molecule has 1 aliphatic heterocycles. The maximum Gasteiger partial charge on any atom is 0.262 e. The van der Waals surface area contributed by atoms with Crippen LogP contribution < -0.4 is 0 Å². The summed E-state index contributed by atoms with van der Waals surface area (Å²) in [4.78, 5) is 48.8. The molecular weight excluding hydrogens is 270 g/mol. The molecule has 1 aromatic carbocycles. The minimum Gasteiger partial charge on any atom is -0.300 e. The zero-order chi connectivity index (χ0) is 15.7. The molecule has 0 saturated heterocycles. The summed E-state index contributed by atoms with van der Waals surface area (Å²) in [6.45, 7) is 4.51. The molecule has 5 heteroatoms. The molecule has 0 aromatic heterocycles. The van der Waals surface area contributed by atoms with Gasteiger partial charge in [0.25, 0.3) is 11.8 Å². The van der Waals surface area contributed by atoms with Gasteiger partial charge in [-0.15, -0.1) is 0 Å². The van der Waals surface area contributed by atoms with E-state index in [-0.39, 0.29) is 25.8 Å². The van der Waals surface area contributed by atoms with Gasteiger partial charge in [0.2, 0.25) is 0 Å². The zero-order valence-electron chi connectivity index (χ0n) is 12.3. The molecule has 0 saturated carbocycles. The number of rotatable bonds is 5. The molecule has 0 radical (unpaired) electrons. The Morgan fingerprint density at radius 1 is 1.19 bits per heavy atom. The van der Waals surface area contributed by atoms with Crippen LogP contribution >= 0.6 is 0 Å². The van der Waals surface area contributed by atoms with E-state index in [0.717, 1.165) is 4.90 Å². The second-order valence-electron chi connectivity index (χ2n) is 5.34. The number of hydrogen-bond donors (Lipinski definition) is 0. The van der Waals surface area contributed by atoms with Crippen LogP contribution in [-0.4, -0.2) is 34.3 Å². The molecule has 0 aliphatic carbocycles. The highest BCUT2D eigenvalue weighted by Gasteiger charge is 2.42. The van der Waals surface area contributed by atoms with Crippen molar-refractivity contribution < 1.29 is 20.6 Å². The third-order valence-electron chi connectivity index (χ3n) is 3.71. The fraction of sp³-hybridized carbons (Fsp3) is 0.375. The number of nitrogens with zero attached hydrogens (tertiary/aromatic N) is 1. The lowest BCUT2D eigenvalue weighted by atomic mass is 10.0. The largest absolute Gasteiger partial charge is 0.300 e. The lowest BCUT2D eigenvalue weighted by molar-refractivity contribution is -0.121. The Labute approximate surface area is 124 Å². The highest BCUT2D eigenvalue weighted by Crippen LogP contribution is 2.28. The van der Waals surface area contributed by atoms with Crippen molar-refractivity contribution in [3.05, 3.63) is 34.9 Å². The number of hydrogen-bond acceptors (Lipinski definition) is 4. The highest BCUT2D eigenvalue weighted by atomic mass is 16.2. The average molecular weight is 289 g/mol. The molecule has 0 spiro atoms. The van der Waals surface area contributed by atoms with Crippen LogP contribution in [0.15, 0.2) is 18.2 Å². The van der Waals surface area contributed by atoms with Gasteiger partial charge in [0.1, 0.15) is 5.78 Å². The minimum atomic E-state index is -0.874. The summed E-state index contributed by atoms with van der Waals surface area (Å²) in [5.41, 5.74) is 1.40. The van der Waals surface area contributed by atoms with Crippen LogP contribution in [0.3, 0.4) is 0 Å². The number of benzene rings is 1. The molecule has 21 heavy (non-hydrogen) atoms. The summed E-state index contributed by atoms with van der Waals surface area (Å²) in [6, 6.07) is 4.18. The standard InChI is InChI=1S/C16H17NO4.H2/c1-9-5-4-6-12-14(9)16(21)17(15(12)20)13(11(3)19)8-7-10(2)18;/h4-6,13H,7-8H2,1-3H3;1H. The monoisotopic (exact) mass is 289 g/mol. The molecule has 0 fully saturated rings. The molecule has 1 aromatic rings. The Morgan fingerprint density at radius 3 is 2.38 bits per heavy atom. The number of amides is 2. The Kier molecular flexibility index (Phi) is 4.02. The molecule has 1 atom stereocenters. The van der Waals surface area contributed by atoms with Crippen molar-refractivity contribution in [1.82, 2.24) is 4.90 Å². The van der Waals surface area contributed by atoms with Gasteiger partial charge in [0.05, 0.1) is 17.2 Å². The van der Waals surface area contributed by atoms with Gasteiger partial charge >= 0.3 is 0 Å². The molecule has 0 bridgehead atoms. The summed E-state index contributed by atoms with van der Waals surface area (Å²) in [5, 5.41) is 0. The Morgan fingerprint density at radius 2 is 1.86 bits per heavy atom. The quantitative estimate of drug-likeness (QED) is 0.779. The van der Waals surface area contributed by atoms with E-state index >= 15 is 0 Å². The number of imide groups is 1. The van der Waals surface area contributed by atoms with Gasteiger partial charge in [-0.3, -0.25) is 19.3 Å². The molecule has 112 valence electrons. The minimum absolute atomic E-state index is 0. The summed E-state index contributed by atoms with van der Waals surface area (Å²) in [6.07, 6.45) is 0.339. The predicted molar refractivity (Wildman–Crippen MR) is 78.2 cm³/mol. The summed E-state index contributed by atoms with van der Waals surface area (Å²) < 4.78 is 0. The molecule has 1 aliphatic rings. The van der Waals surface area contributed by atoms with E-state index in [2.05, 4.69) is 0 Å². The van der Waals surface area contributed by atoms with E-state index in [4.69, 9.17) is 0 Å². The van der Waals surface area contributed by atoms with E-state index in [0.29, 0.717) is 16.7 Å². The molecule has 1 unspecified atom stereocenters. The molecule has 0 N–H and O–H groups in total. The molecule has 5 nitrogen and oxygen atoms in total. The first-order chi connectivity index (χ1) is 9.84. The van der Waals surface area contributed by atoms with Crippen molar-refractivity contribution in [2.75, 3.05) is 0 Å². The lowest BCUT2D eigenvalue weighted by Crippen LogP contribution is -2.44. The third-order valence-corrected chi connectivity index (χ3v) is 3.71. The number of carbonyl (C=O) groups is 4. The summed E-state index contributed by atoms with van der Waals surface area (Å²) in [5.74, 6) is -1.27. The lowest BCUT2D eigenvalue weighted by Gasteiger charge is -2.23. The van der Waals surface area contributed by atoms with E-state index in [1.54, 1.807) is 25.1 Å². The average Bonchev–Trinajstić information content (AvgIpc) is 2.64. The van der Waals surface area contributed by atoms with Crippen molar-refractivity contribution in [3.8, 4) is 0 Å². The van der Waals surface area contributed by atoms with Crippen molar-refractivity contribution >= 4 is 23.4 Å². The molecule has 2 amide bonds. The van der Waals surface area contributed by atoms with Gasteiger partial charge < -0.3 is 4.79 Å². The first-order valence-corrected chi connectivity index (χ1v) is 6.82. The first-order valence-electron chi connectivity index (χ1n) is 6.82. The van der Waals surface area contributed by atoms with Crippen molar-refractivity contribution in [2.45, 2.75) is 39.7 Å². The van der Waals surface area contributed by atoms with E-state index < -0.39 is 17.9 Å². The number of aryl methyl sites for hydroxylation is 1. The van der Waals surface area contributed by atoms with Crippen LogP contribution in [0.4, 0.5) is 0 Å². The molecule has 1 heterocycles. The smallest absolute Gasteiger partial charge is 0.262 e. The third kappa shape index (κ3) is 2.63. The zero-order valence-corrected chi connectivity index (χ0v) is 12.3. The fourth-order valence-electron chi connectivity index (χ4n) is 2.61. The first kappa shape index (κ1) is 15.1. The SMILES string of the molecule is CC(=O)CCC(C(C)=O)N1C(=O)c2cccc(C)c2C1=O.[HH].